The first-order valence-corrected chi connectivity index (χ1v) is 18.2. The maximum absolute atomic E-state index is 13.6. The van der Waals surface area contributed by atoms with Crippen molar-refractivity contribution in [3.05, 3.63) is 119 Å². The average molecular weight is 751 g/mol. The molecule has 254 valence electrons. The van der Waals surface area contributed by atoms with Gasteiger partial charge in [-0.1, -0.05) is 30.3 Å². The van der Waals surface area contributed by atoms with Gasteiger partial charge in [0.05, 0.1) is 21.3 Å². The number of hydrogen-bond donors (Lipinski definition) is 2. The Morgan fingerprint density at radius 2 is 0.979 bits per heavy atom. The highest BCUT2D eigenvalue weighted by atomic mass is 32.2. The fraction of sp³-hybridized carbons (Fsp3) is 0.0769. The van der Waals surface area contributed by atoms with Crippen molar-refractivity contribution in [2.24, 2.45) is 0 Å². The van der Waals surface area contributed by atoms with Crippen LogP contribution in [0.3, 0.4) is 0 Å². The molecule has 0 aliphatic carbocycles. The highest BCUT2D eigenvalue weighted by molar-refractivity contribution is 7.91. The second kappa shape index (κ2) is 13.7. The van der Waals surface area contributed by atoms with Gasteiger partial charge in [-0.3, -0.25) is 9.11 Å². The van der Waals surface area contributed by atoms with Gasteiger partial charge in [-0.05, 0) is 29.3 Å². The molecule has 0 bridgehead atoms. The Bertz CT molecular complexity index is 2250. The summed E-state index contributed by atoms with van der Waals surface area (Å²) in [5, 5.41) is 0. The van der Waals surface area contributed by atoms with Crippen LogP contribution in [-0.2, 0) is 51.4 Å². The van der Waals surface area contributed by atoms with Gasteiger partial charge in [0, 0.05) is 18.2 Å². The minimum atomic E-state index is -4.81. The van der Waals surface area contributed by atoms with E-state index in [0.717, 1.165) is 36.4 Å². The Kier molecular flexibility index (Phi) is 10.9. The fourth-order valence-corrected chi connectivity index (χ4v) is 8.18. The van der Waals surface area contributed by atoms with Crippen LogP contribution in [0.15, 0.2) is 86.3 Å². The van der Waals surface area contributed by atoms with Gasteiger partial charge < -0.3 is 0 Å². The number of hydrogen-bond acceptors (Lipinski definition) is 8. The van der Waals surface area contributed by atoms with Crippen LogP contribution in [0.2, 0.25) is 0 Å². The second-order valence-electron chi connectivity index (χ2n) is 9.22. The van der Waals surface area contributed by atoms with Crippen molar-refractivity contribution in [1.82, 2.24) is 0 Å². The molecule has 0 fully saturated rings. The third-order valence-corrected chi connectivity index (χ3v) is 11.0. The monoisotopic (exact) mass is 750 g/mol. The van der Waals surface area contributed by atoms with Crippen LogP contribution in [0.25, 0.3) is 0 Å². The standard InChI is InChI=1S/C13H8F4O5S2.C13H9F3O5S2/c14-9-5-10(15)12(17)13(11(9)16)23(18,19)6-7-1-3-8(4-2-7)24(20,21)22;14-9-5-10(15)13(11(16)6-9)22(17,18)7-8-3-1-2-4-12(8)23(19,20)21/h1-5H,6H2,(H,20,21,22);1-6H,7H2,(H,19,20,21). The number of sulfone groups is 2. The summed E-state index contributed by atoms with van der Waals surface area (Å²) >= 11 is 0. The fourth-order valence-electron chi connectivity index (χ4n) is 3.85. The molecule has 47 heavy (non-hydrogen) atoms. The van der Waals surface area contributed by atoms with E-state index in [2.05, 4.69) is 0 Å². The first-order valence-electron chi connectivity index (χ1n) is 12.0. The van der Waals surface area contributed by atoms with Crippen molar-refractivity contribution in [2.45, 2.75) is 31.1 Å². The third kappa shape index (κ3) is 8.93. The Labute approximate surface area is 262 Å². The topological polar surface area (TPSA) is 177 Å². The highest BCUT2D eigenvalue weighted by Crippen LogP contribution is 2.28. The van der Waals surface area contributed by atoms with Crippen molar-refractivity contribution in [1.29, 1.82) is 0 Å². The lowest BCUT2D eigenvalue weighted by Gasteiger charge is -2.10. The van der Waals surface area contributed by atoms with E-state index >= 15 is 0 Å². The summed E-state index contributed by atoms with van der Waals surface area (Å²) in [6.07, 6.45) is 0. The molecule has 0 aromatic heterocycles. The molecule has 4 aromatic carbocycles. The molecule has 0 aliphatic rings. The molecule has 0 unspecified atom stereocenters. The summed E-state index contributed by atoms with van der Waals surface area (Å²) in [5.74, 6) is -14.5. The zero-order valence-electron chi connectivity index (χ0n) is 22.7. The van der Waals surface area contributed by atoms with Crippen molar-refractivity contribution >= 4 is 39.9 Å². The third-order valence-electron chi connectivity index (χ3n) is 5.83. The summed E-state index contributed by atoms with van der Waals surface area (Å²) in [6, 6.07) is 8.46. The minimum Gasteiger partial charge on any atom is -0.282 e. The molecule has 21 heteroatoms. The van der Waals surface area contributed by atoms with Crippen molar-refractivity contribution in [3.63, 3.8) is 0 Å². The molecule has 4 rings (SSSR count). The summed E-state index contributed by atoms with van der Waals surface area (Å²) in [5.41, 5.74) is -0.496. The number of halogens is 7. The van der Waals surface area contributed by atoms with Gasteiger partial charge in [0.15, 0.2) is 42.9 Å². The SMILES string of the molecule is O=S(=O)(O)c1ccc(CS(=O)(=O)c2c(F)c(F)cc(F)c2F)cc1.O=S(=O)(O)c1ccccc1CS(=O)(=O)c1c(F)cc(F)cc1F. The van der Waals surface area contributed by atoms with Crippen molar-refractivity contribution in [2.75, 3.05) is 0 Å². The van der Waals surface area contributed by atoms with Crippen molar-refractivity contribution in [3.8, 4) is 0 Å². The molecule has 0 amide bonds. The van der Waals surface area contributed by atoms with E-state index in [4.69, 9.17) is 9.11 Å². The largest absolute Gasteiger partial charge is 0.294 e. The highest BCUT2D eigenvalue weighted by Gasteiger charge is 2.30. The van der Waals surface area contributed by atoms with Crippen LogP contribution in [0.5, 0.6) is 0 Å². The first-order chi connectivity index (χ1) is 21.5. The molecular formula is C26H17F7O10S4. The molecule has 10 nitrogen and oxygen atoms in total. The van der Waals surface area contributed by atoms with Crippen LogP contribution in [0, 0.1) is 40.7 Å². The van der Waals surface area contributed by atoms with Gasteiger partial charge in [0.2, 0.25) is 0 Å². The molecule has 2 N–H and O–H groups in total. The van der Waals surface area contributed by atoms with Gasteiger partial charge in [-0.25, -0.2) is 47.6 Å². The molecule has 0 aliphatic heterocycles. The molecule has 4 aromatic rings. The zero-order valence-corrected chi connectivity index (χ0v) is 26.0. The van der Waals surface area contributed by atoms with E-state index in [-0.39, 0.29) is 29.3 Å². The Balaban J connectivity index is 0.000000256. The molecule has 0 radical (unpaired) electrons. The normalized spacial score (nSPS) is 12.4. The number of rotatable bonds is 8. The first kappa shape index (κ1) is 37.6. The van der Waals surface area contributed by atoms with E-state index in [9.17, 15) is 64.4 Å². The van der Waals surface area contributed by atoms with Crippen LogP contribution < -0.4 is 0 Å². The average Bonchev–Trinajstić information content (AvgIpc) is 2.90. The van der Waals surface area contributed by atoms with Gasteiger partial charge in [-0.2, -0.15) is 16.8 Å². The maximum Gasteiger partial charge on any atom is 0.294 e. The lowest BCUT2D eigenvalue weighted by molar-refractivity contribution is 0.419. The minimum absolute atomic E-state index is 0.120. The van der Waals surface area contributed by atoms with E-state index in [1.165, 1.54) is 12.1 Å². The van der Waals surface area contributed by atoms with E-state index in [0.29, 0.717) is 0 Å². The quantitative estimate of drug-likeness (QED) is 0.110. The van der Waals surface area contributed by atoms with Gasteiger partial charge >= 0.3 is 0 Å². The van der Waals surface area contributed by atoms with Gasteiger partial charge in [0.25, 0.3) is 20.2 Å². The van der Waals surface area contributed by atoms with Gasteiger partial charge in [0.1, 0.15) is 27.2 Å². The van der Waals surface area contributed by atoms with Gasteiger partial charge in [-0.15, -0.1) is 0 Å². The maximum atomic E-state index is 13.6. The van der Waals surface area contributed by atoms with E-state index in [1.807, 2.05) is 0 Å². The molecule has 0 saturated carbocycles. The zero-order chi connectivity index (χ0) is 35.7. The van der Waals surface area contributed by atoms with Crippen LogP contribution >= 0.6 is 0 Å². The number of benzene rings is 4. The Morgan fingerprint density at radius 3 is 1.45 bits per heavy atom. The second-order valence-corrected chi connectivity index (χ2v) is 15.9. The molecule has 0 spiro atoms. The predicted molar refractivity (Wildman–Crippen MR) is 147 cm³/mol. The Hall–Kier alpha value is -3.89. The molecule has 0 saturated heterocycles. The summed E-state index contributed by atoms with van der Waals surface area (Å²) < 4.78 is 204. The molecule has 0 heterocycles. The lowest BCUT2D eigenvalue weighted by Crippen LogP contribution is -2.13. The molecular weight excluding hydrogens is 734 g/mol. The van der Waals surface area contributed by atoms with Crippen LogP contribution in [0.1, 0.15) is 11.1 Å². The summed E-state index contributed by atoms with van der Waals surface area (Å²) in [7, 11) is -18.7. The van der Waals surface area contributed by atoms with E-state index in [1.54, 1.807) is 0 Å². The smallest absolute Gasteiger partial charge is 0.282 e. The Morgan fingerprint density at radius 1 is 0.511 bits per heavy atom. The van der Waals surface area contributed by atoms with Crippen molar-refractivity contribution < 1.29 is 73.5 Å². The van der Waals surface area contributed by atoms with E-state index < -0.39 is 112 Å². The summed E-state index contributed by atoms with van der Waals surface area (Å²) in [6.45, 7) is 0. The summed E-state index contributed by atoms with van der Waals surface area (Å²) in [4.78, 5) is -4.35. The predicted octanol–water partition coefficient (Wildman–Crippen LogP) is 4.79. The lowest BCUT2D eigenvalue weighted by atomic mass is 10.2. The molecule has 0 atom stereocenters. The van der Waals surface area contributed by atoms with Crippen LogP contribution in [0.4, 0.5) is 30.7 Å². The van der Waals surface area contributed by atoms with Crippen LogP contribution in [-0.4, -0.2) is 42.8 Å².